The molecule has 0 saturated heterocycles. The molecule has 9 heteroatoms. The van der Waals surface area contributed by atoms with Crippen molar-refractivity contribution in [3.8, 4) is 5.88 Å². The summed E-state index contributed by atoms with van der Waals surface area (Å²) in [7, 11) is 0. The van der Waals surface area contributed by atoms with Crippen molar-refractivity contribution in [2.45, 2.75) is 31.0 Å². The predicted molar refractivity (Wildman–Crippen MR) is 93.3 cm³/mol. The van der Waals surface area contributed by atoms with Gasteiger partial charge in [-0.15, -0.1) is 0 Å². The molecule has 1 heterocycles. The molecule has 1 aromatic carbocycles. The van der Waals surface area contributed by atoms with E-state index < -0.39 is 18.8 Å². The molecule has 0 bridgehead atoms. The molecule has 28 heavy (non-hydrogen) atoms. The zero-order valence-electron chi connectivity index (χ0n) is 14.9. The van der Waals surface area contributed by atoms with Gasteiger partial charge in [-0.3, -0.25) is 0 Å². The molecule has 1 aliphatic rings. The van der Waals surface area contributed by atoms with Crippen molar-refractivity contribution >= 4 is 6.03 Å². The molecule has 0 unspecified atom stereocenters. The van der Waals surface area contributed by atoms with Gasteiger partial charge in [0.2, 0.25) is 5.88 Å². The number of ether oxygens (including phenoxy) is 1. The number of nitrogens with one attached hydrogen (secondary N) is 2. The number of urea groups is 1. The summed E-state index contributed by atoms with van der Waals surface area (Å²) >= 11 is 0. The van der Waals surface area contributed by atoms with Crippen molar-refractivity contribution in [3.05, 3.63) is 59.5 Å². The monoisotopic (exact) mass is 397 g/mol. The summed E-state index contributed by atoms with van der Waals surface area (Å²) in [6.07, 6.45) is -1.39. The topological polar surface area (TPSA) is 63.2 Å². The van der Waals surface area contributed by atoms with Crippen LogP contribution in [0.4, 0.5) is 22.4 Å². The molecule has 1 fully saturated rings. The summed E-state index contributed by atoms with van der Waals surface area (Å²) in [5.74, 6) is -0.490. The number of hydrogen-bond donors (Lipinski definition) is 2. The molecule has 5 nitrogen and oxygen atoms in total. The minimum absolute atomic E-state index is 0.0313. The maximum Gasteiger partial charge on any atom is 0.422 e. The van der Waals surface area contributed by atoms with Gasteiger partial charge in [0.25, 0.3) is 0 Å². The van der Waals surface area contributed by atoms with Gasteiger partial charge >= 0.3 is 12.2 Å². The van der Waals surface area contributed by atoms with E-state index in [1.54, 1.807) is 18.2 Å². The van der Waals surface area contributed by atoms with Crippen LogP contribution in [0.1, 0.15) is 24.0 Å². The van der Waals surface area contributed by atoms with Crippen molar-refractivity contribution in [2.75, 3.05) is 13.2 Å². The van der Waals surface area contributed by atoms with Gasteiger partial charge in [-0.05, 0) is 36.6 Å². The fourth-order valence-corrected chi connectivity index (χ4v) is 2.85. The summed E-state index contributed by atoms with van der Waals surface area (Å²) < 4.78 is 54.7. The Morgan fingerprint density at radius 1 is 1.14 bits per heavy atom. The number of hydrogen-bond acceptors (Lipinski definition) is 3. The van der Waals surface area contributed by atoms with Gasteiger partial charge < -0.3 is 15.4 Å². The summed E-state index contributed by atoms with van der Waals surface area (Å²) in [6, 6.07) is 8.81. The van der Waals surface area contributed by atoms with E-state index in [0.717, 1.165) is 18.4 Å². The van der Waals surface area contributed by atoms with E-state index in [9.17, 15) is 22.4 Å². The van der Waals surface area contributed by atoms with Crippen molar-refractivity contribution in [1.29, 1.82) is 0 Å². The fraction of sp³-hybridized carbons (Fsp3) is 0.368. The van der Waals surface area contributed by atoms with Gasteiger partial charge in [0.15, 0.2) is 6.61 Å². The van der Waals surface area contributed by atoms with Crippen molar-refractivity contribution in [2.24, 2.45) is 0 Å². The first-order valence-corrected chi connectivity index (χ1v) is 8.69. The van der Waals surface area contributed by atoms with E-state index in [1.807, 2.05) is 0 Å². The third-order valence-electron chi connectivity index (χ3n) is 4.56. The van der Waals surface area contributed by atoms with Crippen LogP contribution < -0.4 is 15.4 Å². The fourth-order valence-electron chi connectivity index (χ4n) is 2.85. The Hall–Kier alpha value is -2.84. The smallest absolute Gasteiger partial charge is 0.422 e. The average Bonchev–Trinajstić information content (AvgIpc) is 3.45. The number of rotatable bonds is 7. The van der Waals surface area contributed by atoms with Crippen LogP contribution >= 0.6 is 0 Å². The van der Waals surface area contributed by atoms with Gasteiger partial charge in [-0.1, -0.05) is 18.2 Å². The molecular weight excluding hydrogens is 378 g/mol. The number of nitrogens with zero attached hydrogens (tertiary/aromatic N) is 1. The van der Waals surface area contributed by atoms with Crippen molar-refractivity contribution < 1.29 is 27.1 Å². The lowest BCUT2D eigenvalue weighted by Gasteiger charge is -2.17. The first-order valence-electron chi connectivity index (χ1n) is 8.69. The molecule has 0 atom stereocenters. The van der Waals surface area contributed by atoms with Crippen LogP contribution in [0, 0.1) is 5.82 Å². The first-order chi connectivity index (χ1) is 13.3. The molecular formula is C19H19F4N3O2. The van der Waals surface area contributed by atoms with Crippen LogP contribution in [-0.2, 0) is 12.0 Å². The van der Waals surface area contributed by atoms with E-state index in [4.69, 9.17) is 0 Å². The first kappa shape index (κ1) is 19.9. The molecule has 2 amide bonds. The molecule has 3 rings (SSSR count). The maximum absolute atomic E-state index is 13.1. The Morgan fingerprint density at radius 2 is 1.86 bits per heavy atom. The molecule has 0 radical (unpaired) electrons. The van der Waals surface area contributed by atoms with Crippen molar-refractivity contribution in [3.63, 3.8) is 0 Å². The molecule has 0 aliphatic heterocycles. The van der Waals surface area contributed by atoms with Crippen molar-refractivity contribution in [1.82, 2.24) is 15.6 Å². The van der Waals surface area contributed by atoms with E-state index >= 15 is 0 Å². The number of pyridine rings is 1. The van der Waals surface area contributed by atoms with E-state index in [2.05, 4.69) is 20.4 Å². The van der Waals surface area contributed by atoms with Crippen LogP contribution in [-0.4, -0.2) is 30.3 Å². The van der Waals surface area contributed by atoms with Gasteiger partial charge in [0.05, 0.1) is 0 Å². The number of aromatic nitrogens is 1. The Labute approximate surface area is 159 Å². The highest BCUT2D eigenvalue weighted by Gasteiger charge is 2.44. The zero-order valence-corrected chi connectivity index (χ0v) is 14.9. The third-order valence-corrected chi connectivity index (χ3v) is 4.56. The number of carbonyl (C=O) groups excluding carboxylic acids is 1. The van der Waals surface area contributed by atoms with E-state index in [1.165, 1.54) is 24.4 Å². The number of alkyl halides is 3. The standard InChI is InChI=1S/C19H19F4N3O2/c20-15-5-3-14(4-6-15)18(7-8-18)11-26-17(27)25-10-13-2-1-9-24-16(13)28-12-19(21,22)23/h1-6,9H,7-8,10-12H2,(H2,25,26,27). The second-order valence-electron chi connectivity index (χ2n) is 6.69. The van der Waals surface area contributed by atoms with Crippen LogP contribution in [0.2, 0.25) is 0 Å². The SMILES string of the molecule is O=C(NCc1cccnc1OCC(F)(F)F)NCC1(c2ccc(F)cc2)CC1. The highest BCUT2D eigenvalue weighted by Crippen LogP contribution is 2.47. The molecule has 2 N–H and O–H groups in total. The molecule has 1 aliphatic carbocycles. The Morgan fingerprint density at radius 3 is 2.50 bits per heavy atom. The predicted octanol–water partition coefficient (Wildman–Crippen LogP) is 3.69. The number of benzene rings is 1. The summed E-state index contributed by atoms with van der Waals surface area (Å²) in [4.78, 5) is 15.9. The van der Waals surface area contributed by atoms with Crippen LogP contribution in [0.25, 0.3) is 0 Å². The Balaban J connectivity index is 1.50. The molecule has 150 valence electrons. The van der Waals surface area contributed by atoms with E-state index in [0.29, 0.717) is 12.1 Å². The third kappa shape index (κ3) is 5.34. The molecule has 2 aromatic rings. The number of carbonyl (C=O) groups is 1. The lowest BCUT2D eigenvalue weighted by molar-refractivity contribution is -0.154. The highest BCUT2D eigenvalue weighted by molar-refractivity contribution is 5.74. The Bertz CT molecular complexity index is 821. The van der Waals surface area contributed by atoms with Crippen LogP contribution in [0.15, 0.2) is 42.6 Å². The lowest BCUT2D eigenvalue weighted by Crippen LogP contribution is -2.39. The van der Waals surface area contributed by atoms with E-state index in [-0.39, 0.29) is 23.7 Å². The number of amides is 2. The summed E-state index contributed by atoms with van der Waals surface area (Å²) in [5, 5.41) is 5.35. The second kappa shape index (κ2) is 8.04. The highest BCUT2D eigenvalue weighted by atomic mass is 19.4. The maximum atomic E-state index is 13.1. The Kier molecular flexibility index (Phi) is 5.71. The van der Waals surface area contributed by atoms with Crippen LogP contribution in [0.5, 0.6) is 5.88 Å². The normalized spacial score (nSPS) is 15.0. The molecule has 0 spiro atoms. The van der Waals surface area contributed by atoms with Crippen LogP contribution in [0.3, 0.4) is 0 Å². The minimum Gasteiger partial charge on any atom is -0.468 e. The molecule has 1 saturated carbocycles. The largest absolute Gasteiger partial charge is 0.468 e. The summed E-state index contributed by atoms with van der Waals surface area (Å²) in [6.45, 7) is -1.10. The average molecular weight is 397 g/mol. The van der Waals surface area contributed by atoms with Gasteiger partial charge in [-0.25, -0.2) is 14.2 Å². The number of halogens is 4. The van der Waals surface area contributed by atoms with Gasteiger partial charge in [0.1, 0.15) is 5.82 Å². The summed E-state index contributed by atoms with van der Waals surface area (Å²) in [5.41, 5.74) is 1.10. The quantitative estimate of drug-likeness (QED) is 0.701. The van der Waals surface area contributed by atoms with Gasteiger partial charge in [-0.2, -0.15) is 13.2 Å². The minimum atomic E-state index is -4.47. The second-order valence-corrected chi connectivity index (χ2v) is 6.69. The molecule has 1 aromatic heterocycles. The van der Waals surface area contributed by atoms with Gasteiger partial charge in [0, 0.05) is 30.3 Å². The lowest BCUT2D eigenvalue weighted by atomic mass is 9.96. The zero-order chi connectivity index (χ0) is 20.2.